The van der Waals surface area contributed by atoms with Gasteiger partial charge in [-0.1, -0.05) is 94.0 Å². The molecule has 90 heavy (non-hydrogen) atoms. The Hall–Kier alpha value is -7.62. The number of aromatic nitrogens is 4. The number of rotatable bonds is 20. The molecule has 2 aromatic heterocycles. The summed E-state index contributed by atoms with van der Waals surface area (Å²) in [7, 11) is 3.57. The van der Waals surface area contributed by atoms with Gasteiger partial charge < -0.3 is 44.6 Å². The minimum absolute atomic E-state index is 0. The lowest BCUT2D eigenvalue weighted by molar-refractivity contribution is -0.189. The standard InChI is InChI=1S/C26H27ClF3N3O4.C16H7ClF8O3.C16H21N3O2.3CH4.ClH/c1-15(35)24-32-22(14-33(24)3)18-6-4-17(5-7-18)12-20(10-11-34)31-25(36)19-8-9-23(21(27)13-19)37-16(2)26(28,29)30;1-5(16(23,24)25)27-8-3-2-6(4-7(8)17)15(26)28-14-12(21)10(19)9(18)11(20)13(14)22;1-11(21)16-18-15(10-19(16)2)13-5-3-12(4-6-13)9-14(17)7-8-20;;;;/h4-9,13-14,16,20,34H,10-12H2,1-3H3,(H,31,36);2-5H,1H3;3-6,10,14,20H,7-9,17H2,1-2H3;3*1H4;1H/t16?,20-;;14-;;;;/m1.1..../s1. The smallest absolute Gasteiger partial charge is 0.425 e. The number of aliphatic hydroxyl groups excluding tert-OH is 2. The van der Waals surface area contributed by atoms with Crippen LogP contribution in [0.5, 0.6) is 17.2 Å². The summed E-state index contributed by atoms with van der Waals surface area (Å²) in [6.07, 6.45) is -7.88. The number of aliphatic hydroxyl groups is 2. The van der Waals surface area contributed by atoms with Crippen LogP contribution in [-0.4, -0.2) is 103 Å². The van der Waals surface area contributed by atoms with Crippen LogP contribution < -0.4 is 25.3 Å². The zero-order valence-electron chi connectivity index (χ0n) is 46.7. The highest BCUT2D eigenvalue weighted by molar-refractivity contribution is 6.32. The molecule has 5 aromatic carbocycles. The van der Waals surface area contributed by atoms with Gasteiger partial charge in [0.15, 0.2) is 35.4 Å². The molecule has 0 spiro atoms. The third-order valence-electron chi connectivity index (χ3n) is 12.4. The summed E-state index contributed by atoms with van der Waals surface area (Å²) in [5.74, 6) is -15.8. The number of benzene rings is 5. The number of nitrogens with one attached hydrogen (secondary N) is 1. The fraction of sp³-hybridized carbons (Fsp3) is 0.344. The number of ether oxygens (including phenoxy) is 3. The minimum atomic E-state index is -4.70. The largest absolute Gasteiger partial charge is 0.480 e. The van der Waals surface area contributed by atoms with Gasteiger partial charge in [0.25, 0.3) is 5.91 Å². The second-order valence-corrected chi connectivity index (χ2v) is 20.0. The van der Waals surface area contributed by atoms with Crippen LogP contribution in [0.2, 0.25) is 10.0 Å². The minimum Gasteiger partial charge on any atom is -0.480 e. The SMILES string of the molecule is C.C.C.CC(=O)c1nc(-c2ccc(C[C@@H](CCO)NC(=O)c3ccc(OC(C)C(F)(F)F)c(Cl)c3)cc2)cn1C.CC(=O)c1nc(-c2ccc(C[C@H](N)CCO)cc2)cn1C.CC(Oc1ccc(C(=O)Oc2c(F)c(F)c(F)c(F)c2F)cc1Cl)C(F)(F)F.Cl. The molecule has 2 unspecified atom stereocenters. The number of alkyl halides is 6. The predicted molar refractivity (Wildman–Crippen MR) is 321 cm³/mol. The molecule has 0 aliphatic heterocycles. The lowest BCUT2D eigenvalue weighted by Gasteiger charge is -2.20. The van der Waals surface area contributed by atoms with E-state index in [-0.39, 0.29) is 88.3 Å². The second-order valence-electron chi connectivity index (χ2n) is 19.2. The molecule has 0 saturated heterocycles. The van der Waals surface area contributed by atoms with Crippen molar-refractivity contribution < 1.29 is 91.9 Å². The van der Waals surface area contributed by atoms with Crippen molar-refractivity contribution in [3.63, 3.8) is 0 Å². The third kappa shape index (κ3) is 21.8. The number of carbonyl (C=O) groups excluding carboxylic acids is 4. The summed E-state index contributed by atoms with van der Waals surface area (Å²) >= 11 is 11.7. The lowest BCUT2D eigenvalue weighted by Crippen LogP contribution is -2.37. The fourth-order valence-electron chi connectivity index (χ4n) is 7.79. The maximum atomic E-state index is 13.5. The first-order valence-electron chi connectivity index (χ1n) is 25.6. The Labute approximate surface area is 528 Å². The Bertz CT molecular complexity index is 3500. The molecule has 0 fully saturated rings. The lowest BCUT2D eigenvalue weighted by atomic mass is 10.0. The number of carbonyl (C=O) groups is 4. The van der Waals surface area contributed by atoms with Crippen molar-refractivity contribution >= 4 is 59.1 Å². The molecule has 0 saturated carbocycles. The number of ketones is 2. The summed E-state index contributed by atoms with van der Waals surface area (Å²) in [5.41, 5.74) is 10.8. The number of amides is 1. The molecule has 0 aliphatic carbocycles. The van der Waals surface area contributed by atoms with E-state index >= 15 is 0 Å². The van der Waals surface area contributed by atoms with E-state index in [1.165, 1.54) is 32.0 Å². The van der Waals surface area contributed by atoms with E-state index < -0.39 is 93.7 Å². The maximum Gasteiger partial charge on any atom is 0.425 e. The number of Topliss-reactive ketones (excluding diaryl/α,β-unsaturated/α-hetero) is 2. The number of nitrogens with two attached hydrogens (primary N) is 1. The van der Waals surface area contributed by atoms with Crippen LogP contribution >= 0.6 is 35.6 Å². The van der Waals surface area contributed by atoms with Crippen LogP contribution in [0.3, 0.4) is 0 Å². The summed E-state index contributed by atoms with van der Waals surface area (Å²) in [6, 6.07) is 21.2. The van der Waals surface area contributed by atoms with Gasteiger partial charge in [-0.2, -0.15) is 35.1 Å². The Balaban J connectivity index is 0.000000685. The number of nitrogens with zero attached hydrogens (tertiary/aromatic N) is 4. The molecule has 2 heterocycles. The van der Waals surface area contributed by atoms with Crippen molar-refractivity contribution in [2.75, 3.05) is 13.2 Å². The average molecular weight is 1340 g/mol. The van der Waals surface area contributed by atoms with Crippen LogP contribution in [0, 0.1) is 29.1 Å². The third-order valence-corrected chi connectivity index (χ3v) is 13.0. The molecule has 0 aliphatic rings. The Morgan fingerprint density at radius 3 is 1.34 bits per heavy atom. The maximum absolute atomic E-state index is 13.5. The molecule has 7 rings (SSSR count). The number of halogens is 14. The summed E-state index contributed by atoms with van der Waals surface area (Å²) in [5, 5.41) is 20.5. The zero-order chi connectivity index (χ0) is 64.1. The van der Waals surface area contributed by atoms with Crippen molar-refractivity contribution in [1.29, 1.82) is 0 Å². The van der Waals surface area contributed by atoms with Crippen molar-refractivity contribution in [1.82, 2.24) is 24.4 Å². The Morgan fingerprint density at radius 1 is 0.600 bits per heavy atom. The van der Waals surface area contributed by atoms with E-state index in [1.807, 2.05) is 61.8 Å². The van der Waals surface area contributed by atoms with Gasteiger partial charge >= 0.3 is 18.3 Å². The second kappa shape index (κ2) is 35.1. The molecule has 0 radical (unpaired) electrons. The topological polar surface area (TPSA) is 210 Å². The van der Waals surface area contributed by atoms with Gasteiger partial charge in [-0.3, -0.25) is 14.4 Å². The molecule has 0 bridgehead atoms. The van der Waals surface area contributed by atoms with Crippen LogP contribution in [0.4, 0.5) is 48.3 Å². The van der Waals surface area contributed by atoms with E-state index in [9.17, 15) is 72.6 Å². The van der Waals surface area contributed by atoms with E-state index in [1.54, 1.807) is 22.4 Å². The first kappa shape index (κ1) is 80.4. The number of aryl methyl sites for hydroxylation is 2. The van der Waals surface area contributed by atoms with Gasteiger partial charge in [-0.15, -0.1) is 12.4 Å². The molecule has 1 amide bonds. The Kier molecular flexibility index (Phi) is 31.4. The molecule has 5 N–H and O–H groups in total. The predicted octanol–water partition coefficient (Wildman–Crippen LogP) is 14.5. The number of hydrogen-bond donors (Lipinski definition) is 4. The molecular formula is C61H68Cl3F11N6O9. The van der Waals surface area contributed by atoms with Crippen LogP contribution in [0.25, 0.3) is 22.5 Å². The molecule has 7 aromatic rings. The summed E-state index contributed by atoms with van der Waals surface area (Å²) in [6.45, 7) is 4.48. The first-order chi connectivity index (χ1) is 40.2. The van der Waals surface area contributed by atoms with Gasteiger partial charge in [0, 0.05) is 82.3 Å². The summed E-state index contributed by atoms with van der Waals surface area (Å²) in [4.78, 5) is 56.5. The van der Waals surface area contributed by atoms with Gasteiger partial charge in [0.2, 0.25) is 34.8 Å². The van der Waals surface area contributed by atoms with Crippen LogP contribution in [0.15, 0.2) is 97.3 Å². The number of esters is 1. The normalized spacial score (nSPS) is 12.2. The molecule has 4 atom stereocenters. The molecule has 15 nitrogen and oxygen atoms in total. The monoisotopic (exact) mass is 1340 g/mol. The summed E-state index contributed by atoms with van der Waals surface area (Å²) < 4.78 is 159. The van der Waals surface area contributed by atoms with Gasteiger partial charge in [-0.25, -0.2) is 27.9 Å². The quantitative estimate of drug-likeness (QED) is 0.0140. The zero-order valence-corrected chi connectivity index (χ0v) is 49.1. The highest BCUT2D eigenvalue weighted by atomic mass is 35.5. The van der Waals surface area contributed by atoms with E-state index in [4.69, 9.17) is 38.8 Å². The van der Waals surface area contributed by atoms with Crippen molar-refractivity contribution in [2.24, 2.45) is 19.8 Å². The fourth-order valence-corrected chi connectivity index (χ4v) is 8.25. The van der Waals surface area contributed by atoms with E-state index in [0.29, 0.717) is 37.1 Å². The highest BCUT2D eigenvalue weighted by Crippen LogP contribution is 2.34. The van der Waals surface area contributed by atoms with Crippen molar-refractivity contribution in [2.45, 2.75) is 112 Å². The van der Waals surface area contributed by atoms with Gasteiger partial charge in [0.05, 0.1) is 27.0 Å². The van der Waals surface area contributed by atoms with Gasteiger partial charge in [-0.05, 0) is 87.1 Å². The number of imidazole rings is 2. The molecular weight excluding hydrogens is 1280 g/mol. The van der Waals surface area contributed by atoms with Crippen molar-refractivity contribution in [3.8, 4) is 39.8 Å². The average Bonchev–Trinajstić information content (AvgIpc) is 2.36. The van der Waals surface area contributed by atoms with Crippen LogP contribution in [-0.2, 0) is 26.9 Å². The van der Waals surface area contributed by atoms with Gasteiger partial charge in [0.1, 0.15) is 11.5 Å². The van der Waals surface area contributed by atoms with E-state index in [0.717, 1.165) is 59.5 Å². The number of hydrogen-bond acceptors (Lipinski definition) is 12. The molecule has 494 valence electrons. The van der Waals surface area contributed by atoms with E-state index in [2.05, 4.69) is 24.8 Å². The highest BCUT2D eigenvalue weighted by Gasteiger charge is 2.39. The van der Waals surface area contributed by atoms with Crippen molar-refractivity contribution in [3.05, 3.63) is 170 Å². The molecule has 29 heteroatoms. The van der Waals surface area contributed by atoms with Crippen LogP contribution in [0.1, 0.15) is 116 Å². The first-order valence-corrected chi connectivity index (χ1v) is 26.3. The Morgan fingerprint density at radius 2 is 0.978 bits per heavy atom.